The number of aliphatic hydroxyl groups excluding tert-OH is 1. The number of ether oxygens (including phenoxy) is 1. The molecule has 0 unspecified atom stereocenters. The van der Waals surface area contributed by atoms with Crippen LogP contribution in [0.1, 0.15) is 13.8 Å². The largest absolute Gasteiger partial charge is 0.390 e. The molecule has 7 nitrogen and oxygen atoms in total. The number of hydrogen-bond donors (Lipinski definition) is 1. The van der Waals surface area contributed by atoms with Gasteiger partial charge in [-0.3, -0.25) is 4.90 Å². The van der Waals surface area contributed by atoms with E-state index in [9.17, 15) is 5.11 Å². The average molecular weight is 317 g/mol. The third-order valence-corrected chi connectivity index (χ3v) is 3.82. The van der Waals surface area contributed by atoms with Crippen molar-refractivity contribution in [3.05, 3.63) is 30.3 Å². The van der Waals surface area contributed by atoms with Crippen LogP contribution in [0.5, 0.6) is 0 Å². The summed E-state index contributed by atoms with van der Waals surface area (Å²) in [6.07, 6.45) is -0.148. The Hall–Kier alpha value is -1.83. The fraction of sp³-hybridized carbons (Fsp3) is 0.562. The van der Waals surface area contributed by atoms with Crippen molar-refractivity contribution in [3.8, 4) is 11.4 Å². The van der Waals surface area contributed by atoms with Crippen LogP contribution in [-0.2, 0) is 11.3 Å². The molecule has 0 amide bonds. The summed E-state index contributed by atoms with van der Waals surface area (Å²) in [6, 6.07) is 9.70. The highest BCUT2D eigenvalue weighted by Gasteiger charge is 2.24. The summed E-state index contributed by atoms with van der Waals surface area (Å²) in [5.74, 6) is 0.575. The van der Waals surface area contributed by atoms with Gasteiger partial charge in [0, 0.05) is 25.2 Å². The van der Waals surface area contributed by atoms with Crippen LogP contribution in [0.25, 0.3) is 11.4 Å². The zero-order valence-electron chi connectivity index (χ0n) is 13.5. The molecule has 23 heavy (non-hydrogen) atoms. The Morgan fingerprint density at radius 2 is 1.87 bits per heavy atom. The molecule has 0 spiro atoms. The molecule has 0 saturated carbocycles. The summed E-state index contributed by atoms with van der Waals surface area (Å²) >= 11 is 0. The van der Waals surface area contributed by atoms with E-state index in [2.05, 4.69) is 34.2 Å². The molecule has 3 rings (SSSR count). The van der Waals surface area contributed by atoms with Gasteiger partial charge in [0.25, 0.3) is 0 Å². The lowest BCUT2D eigenvalue weighted by molar-refractivity contribution is -0.0776. The van der Waals surface area contributed by atoms with Gasteiger partial charge in [0.05, 0.1) is 24.9 Å². The molecule has 0 aliphatic carbocycles. The summed E-state index contributed by atoms with van der Waals surface area (Å²) in [6.45, 7) is 6.70. The van der Waals surface area contributed by atoms with Crippen LogP contribution in [0.15, 0.2) is 30.3 Å². The zero-order chi connectivity index (χ0) is 16.2. The van der Waals surface area contributed by atoms with E-state index in [1.807, 2.05) is 30.3 Å². The normalized spacial score (nSPS) is 23.8. The van der Waals surface area contributed by atoms with Crippen LogP contribution in [0, 0.1) is 0 Å². The first-order valence-corrected chi connectivity index (χ1v) is 7.99. The summed E-state index contributed by atoms with van der Waals surface area (Å²) in [4.78, 5) is 3.68. The number of morpholine rings is 1. The van der Waals surface area contributed by atoms with Gasteiger partial charge >= 0.3 is 0 Å². The Labute approximate surface area is 135 Å². The van der Waals surface area contributed by atoms with Crippen LogP contribution < -0.4 is 0 Å². The molecule has 7 heteroatoms. The highest BCUT2D eigenvalue weighted by atomic mass is 16.5. The molecule has 124 valence electrons. The van der Waals surface area contributed by atoms with Crippen LogP contribution in [0.3, 0.4) is 0 Å². The lowest BCUT2D eigenvalue weighted by Gasteiger charge is -2.36. The highest BCUT2D eigenvalue weighted by molar-refractivity contribution is 5.52. The summed E-state index contributed by atoms with van der Waals surface area (Å²) < 4.78 is 5.71. The zero-order valence-corrected chi connectivity index (χ0v) is 13.5. The molecule has 3 atom stereocenters. The molecule has 1 aliphatic rings. The standard InChI is InChI=1S/C16H23N5O2/c1-12-8-20(9-13(2)23-12)10-15(22)11-21-18-16(17-19-21)14-6-4-3-5-7-14/h3-7,12-13,15,22H,8-11H2,1-2H3/t12-,13+,15-/m0/s1. The molecular weight excluding hydrogens is 294 g/mol. The molecule has 0 radical (unpaired) electrons. The lowest BCUT2D eigenvalue weighted by atomic mass is 10.2. The minimum Gasteiger partial charge on any atom is -0.390 e. The number of hydrogen-bond acceptors (Lipinski definition) is 6. The SMILES string of the molecule is C[C@@H]1CN(C[C@H](O)Cn2nnc(-c3ccccc3)n2)C[C@H](C)O1. The average Bonchev–Trinajstić information content (AvgIpc) is 2.95. The van der Waals surface area contributed by atoms with Gasteiger partial charge in [-0.25, -0.2) is 0 Å². The highest BCUT2D eigenvalue weighted by Crippen LogP contribution is 2.13. The number of rotatable bonds is 5. The Kier molecular flexibility index (Phi) is 5.00. The van der Waals surface area contributed by atoms with Crippen molar-refractivity contribution in [2.45, 2.75) is 38.7 Å². The smallest absolute Gasteiger partial charge is 0.204 e. The Bertz CT molecular complexity index is 608. The maximum Gasteiger partial charge on any atom is 0.204 e. The Balaban J connectivity index is 1.56. The Morgan fingerprint density at radius 3 is 2.57 bits per heavy atom. The van der Waals surface area contributed by atoms with Crippen molar-refractivity contribution in [1.29, 1.82) is 0 Å². The second-order valence-corrected chi connectivity index (χ2v) is 6.16. The first-order valence-electron chi connectivity index (χ1n) is 7.99. The maximum atomic E-state index is 10.3. The van der Waals surface area contributed by atoms with E-state index in [1.54, 1.807) is 0 Å². The van der Waals surface area contributed by atoms with Gasteiger partial charge in [0.1, 0.15) is 0 Å². The topological polar surface area (TPSA) is 76.3 Å². The molecule has 2 heterocycles. The second kappa shape index (κ2) is 7.16. The molecule has 1 N–H and O–H groups in total. The molecule has 1 saturated heterocycles. The van der Waals surface area contributed by atoms with Gasteiger partial charge in [-0.1, -0.05) is 30.3 Å². The fourth-order valence-electron chi connectivity index (χ4n) is 3.00. The minimum atomic E-state index is -0.537. The van der Waals surface area contributed by atoms with E-state index in [-0.39, 0.29) is 12.2 Å². The van der Waals surface area contributed by atoms with E-state index in [0.29, 0.717) is 18.9 Å². The molecule has 0 bridgehead atoms. The van der Waals surface area contributed by atoms with Crippen molar-refractivity contribution in [2.75, 3.05) is 19.6 Å². The second-order valence-electron chi connectivity index (χ2n) is 6.16. The first-order chi connectivity index (χ1) is 11.1. The third-order valence-electron chi connectivity index (χ3n) is 3.82. The van der Waals surface area contributed by atoms with Crippen molar-refractivity contribution < 1.29 is 9.84 Å². The van der Waals surface area contributed by atoms with E-state index in [4.69, 9.17) is 4.74 Å². The number of β-amino-alcohol motifs (C(OH)–C–C–N with tert-alkyl or cyclic N) is 1. The van der Waals surface area contributed by atoms with Crippen LogP contribution in [0.4, 0.5) is 0 Å². The van der Waals surface area contributed by atoms with Crippen LogP contribution >= 0.6 is 0 Å². The van der Waals surface area contributed by atoms with Gasteiger partial charge in [-0.05, 0) is 19.1 Å². The van der Waals surface area contributed by atoms with Gasteiger partial charge < -0.3 is 9.84 Å². The molecule has 1 aromatic heterocycles. The summed E-state index contributed by atoms with van der Waals surface area (Å²) in [7, 11) is 0. The van der Waals surface area contributed by atoms with Crippen LogP contribution in [-0.4, -0.2) is 68.2 Å². The van der Waals surface area contributed by atoms with Gasteiger partial charge in [0.2, 0.25) is 5.82 Å². The predicted octanol–water partition coefficient (Wildman–Crippen LogP) is 0.810. The minimum absolute atomic E-state index is 0.195. The van der Waals surface area contributed by atoms with Gasteiger partial charge in [0.15, 0.2) is 0 Å². The number of aromatic nitrogens is 4. The number of aliphatic hydroxyl groups is 1. The molecule has 1 fully saturated rings. The Morgan fingerprint density at radius 1 is 1.17 bits per heavy atom. The van der Waals surface area contributed by atoms with E-state index >= 15 is 0 Å². The number of nitrogens with zero attached hydrogens (tertiary/aromatic N) is 5. The first kappa shape index (κ1) is 16.0. The lowest BCUT2D eigenvalue weighted by Crippen LogP contribution is -2.48. The molecule has 1 aromatic carbocycles. The number of tetrazole rings is 1. The van der Waals surface area contributed by atoms with Gasteiger partial charge in [-0.2, -0.15) is 4.80 Å². The van der Waals surface area contributed by atoms with Crippen molar-refractivity contribution in [2.24, 2.45) is 0 Å². The summed E-state index contributed by atoms with van der Waals surface area (Å²) in [5, 5.41) is 22.7. The molecule has 1 aliphatic heterocycles. The number of benzene rings is 1. The van der Waals surface area contributed by atoms with Gasteiger partial charge in [-0.15, -0.1) is 10.2 Å². The molecular formula is C16H23N5O2. The van der Waals surface area contributed by atoms with Crippen LogP contribution in [0.2, 0.25) is 0 Å². The van der Waals surface area contributed by atoms with Crippen molar-refractivity contribution in [1.82, 2.24) is 25.1 Å². The maximum absolute atomic E-state index is 10.3. The van der Waals surface area contributed by atoms with Crippen molar-refractivity contribution in [3.63, 3.8) is 0 Å². The molecule has 2 aromatic rings. The van der Waals surface area contributed by atoms with E-state index in [1.165, 1.54) is 4.80 Å². The van der Waals surface area contributed by atoms with E-state index in [0.717, 1.165) is 18.7 Å². The predicted molar refractivity (Wildman–Crippen MR) is 85.7 cm³/mol. The fourth-order valence-corrected chi connectivity index (χ4v) is 3.00. The quantitative estimate of drug-likeness (QED) is 0.879. The monoisotopic (exact) mass is 317 g/mol. The van der Waals surface area contributed by atoms with Crippen molar-refractivity contribution >= 4 is 0 Å². The summed E-state index contributed by atoms with van der Waals surface area (Å²) in [5.41, 5.74) is 0.920. The van der Waals surface area contributed by atoms with E-state index < -0.39 is 6.10 Å². The third kappa shape index (κ3) is 4.34.